The molecule has 2 aliphatic rings. The molecule has 116 valence electrons. The van der Waals surface area contributed by atoms with Gasteiger partial charge in [0.05, 0.1) is 5.92 Å². The Labute approximate surface area is 117 Å². The second kappa shape index (κ2) is 6.33. The second-order valence-electron chi connectivity index (χ2n) is 6.08. The molecule has 2 heterocycles. The van der Waals surface area contributed by atoms with Gasteiger partial charge in [-0.1, -0.05) is 6.92 Å². The van der Waals surface area contributed by atoms with Crippen molar-refractivity contribution < 1.29 is 18.0 Å². The van der Waals surface area contributed by atoms with Crippen molar-refractivity contribution in [2.24, 2.45) is 11.8 Å². The average Bonchev–Trinajstić information content (AvgIpc) is 2.40. The van der Waals surface area contributed by atoms with Crippen LogP contribution in [-0.4, -0.2) is 42.7 Å². The van der Waals surface area contributed by atoms with Gasteiger partial charge < -0.3 is 10.2 Å². The summed E-state index contributed by atoms with van der Waals surface area (Å²) >= 11 is 0. The maximum Gasteiger partial charge on any atom is 0.391 e. The molecule has 6 heteroatoms. The molecule has 0 spiro atoms. The van der Waals surface area contributed by atoms with Crippen LogP contribution in [0.4, 0.5) is 13.2 Å². The highest BCUT2D eigenvalue weighted by atomic mass is 19.4. The summed E-state index contributed by atoms with van der Waals surface area (Å²) in [5.74, 6) is -0.782. The van der Waals surface area contributed by atoms with Gasteiger partial charge >= 0.3 is 6.18 Å². The van der Waals surface area contributed by atoms with Crippen LogP contribution in [0.5, 0.6) is 0 Å². The number of rotatable bonds is 2. The summed E-state index contributed by atoms with van der Waals surface area (Å²) in [6.45, 7) is 3.53. The molecule has 2 rings (SSSR count). The van der Waals surface area contributed by atoms with Crippen molar-refractivity contribution >= 4 is 5.91 Å². The number of alkyl halides is 3. The van der Waals surface area contributed by atoms with E-state index in [1.807, 2.05) is 0 Å². The number of nitrogens with zero attached hydrogens (tertiary/aromatic N) is 1. The average molecular weight is 292 g/mol. The van der Waals surface area contributed by atoms with Crippen molar-refractivity contribution in [1.29, 1.82) is 0 Å². The number of piperidine rings is 2. The molecule has 1 N–H and O–H groups in total. The van der Waals surface area contributed by atoms with Crippen molar-refractivity contribution in [3.05, 3.63) is 0 Å². The van der Waals surface area contributed by atoms with Crippen LogP contribution >= 0.6 is 0 Å². The van der Waals surface area contributed by atoms with Crippen molar-refractivity contribution in [3.63, 3.8) is 0 Å². The minimum atomic E-state index is -4.12. The molecule has 2 unspecified atom stereocenters. The van der Waals surface area contributed by atoms with Gasteiger partial charge in [-0.15, -0.1) is 0 Å². The van der Waals surface area contributed by atoms with E-state index in [1.54, 1.807) is 4.90 Å². The monoisotopic (exact) mass is 292 g/mol. The highest BCUT2D eigenvalue weighted by molar-refractivity contribution is 5.77. The fourth-order valence-electron chi connectivity index (χ4n) is 3.16. The van der Waals surface area contributed by atoms with E-state index in [9.17, 15) is 18.0 Å². The SMILES string of the molecule is CC1CCCNC1CC(=O)N1CCC(C(F)(F)F)CC1. The molecule has 20 heavy (non-hydrogen) atoms. The Morgan fingerprint density at radius 3 is 2.45 bits per heavy atom. The molecule has 2 saturated heterocycles. The van der Waals surface area contributed by atoms with E-state index < -0.39 is 12.1 Å². The molecule has 0 aliphatic carbocycles. The third-order valence-corrected chi connectivity index (χ3v) is 4.63. The summed E-state index contributed by atoms with van der Waals surface area (Å²) in [4.78, 5) is 13.8. The smallest absolute Gasteiger partial charge is 0.343 e. The van der Waals surface area contributed by atoms with Gasteiger partial charge in [-0.3, -0.25) is 4.79 Å². The molecular formula is C14H23F3N2O. The Balaban J connectivity index is 1.80. The van der Waals surface area contributed by atoms with Gasteiger partial charge in [0.1, 0.15) is 0 Å². The lowest BCUT2D eigenvalue weighted by molar-refractivity contribution is -0.186. The van der Waals surface area contributed by atoms with E-state index in [2.05, 4.69) is 12.2 Å². The predicted octanol–water partition coefficient (Wildman–Crippen LogP) is 2.57. The third kappa shape index (κ3) is 3.87. The lowest BCUT2D eigenvalue weighted by Crippen LogP contribution is -2.47. The maximum absolute atomic E-state index is 12.6. The Bertz CT molecular complexity index is 338. The van der Waals surface area contributed by atoms with Crippen LogP contribution in [-0.2, 0) is 4.79 Å². The molecule has 0 aromatic rings. The topological polar surface area (TPSA) is 32.3 Å². The van der Waals surface area contributed by atoms with E-state index in [0.717, 1.165) is 19.4 Å². The zero-order valence-corrected chi connectivity index (χ0v) is 11.9. The summed E-state index contributed by atoms with van der Waals surface area (Å²) in [6.07, 6.45) is -1.37. The molecule has 1 amide bonds. The number of carbonyl (C=O) groups is 1. The molecule has 0 aromatic carbocycles. The molecule has 2 aliphatic heterocycles. The quantitative estimate of drug-likeness (QED) is 0.848. The van der Waals surface area contributed by atoms with E-state index >= 15 is 0 Å². The Kier molecular flexibility index (Phi) is 4.94. The van der Waals surface area contributed by atoms with Gasteiger partial charge in [0.25, 0.3) is 0 Å². The van der Waals surface area contributed by atoms with Crippen molar-refractivity contribution in [1.82, 2.24) is 10.2 Å². The Hall–Kier alpha value is -0.780. The molecule has 0 saturated carbocycles. The zero-order chi connectivity index (χ0) is 14.8. The lowest BCUT2D eigenvalue weighted by Gasteiger charge is -2.35. The molecule has 0 bridgehead atoms. The summed E-state index contributed by atoms with van der Waals surface area (Å²) < 4.78 is 37.7. The third-order valence-electron chi connectivity index (χ3n) is 4.63. The number of nitrogens with one attached hydrogen (secondary N) is 1. The molecule has 2 atom stereocenters. The highest BCUT2D eigenvalue weighted by Crippen LogP contribution is 2.34. The Morgan fingerprint density at radius 2 is 1.90 bits per heavy atom. The summed E-state index contributed by atoms with van der Waals surface area (Å²) in [5.41, 5.74) is 0. The van der Waals surface area contributed by atoms with Gasteiger partial charge in [-0.05, 0) is 38.1 Å². The first kappa shape index (κ1) is 15.6. The number of hydrogen-bond acceptors (Lipinski definition) is 2. The normalized spacial score (nSPS) is 29.5. The zero-order valence-electron chi connectivity index (χ0n) is 11.9. The van der Waals surface area contributed by atoms with Crippen LogP contribution in [0.25, 0.3) is 0 Å². The number of likely N-dealkylation sites (tertiary alicyclic amines) is 1. The van der Waals surface area contributed by atoms with E-state index in [-0.39, 0.29) is 37.9 Å². The van der Waals surface area contributed by atoms with Crippen molar-refractivity contribution in [2.75, 3.05) is 19.6 Å². The predicted molar refractivity (Wildman–Crippen MR) is 70.2 cm³/mol. The van der Waals surface area contributed by atoms with Crippen LogP contribution in [0.2, 0.25) is 0 Å². The molecule has 2 fully saturated rings. The van der Waals surface area contributed by atoms with Gasteiger partial charge in [-0.25, -0.2) is 0 Å². The summed E-state index contributed by atoms with van der Waals surface area (Å²) in [5, 5.41) is 3.34. The van der Waals surface area contributed by atoms with Gasteiger partial charge in [0.2, 0.25) is 5.91 Å². The Morgan fingerprint density at radius 1 is 1.25 bits per heavy atom. The number of hydrogen-bond donors (Lipinski definition) is 1. The van der Waals surface area contributed by atoms with Crippen LogP contribution < -0.4 is 5.32 Å². The van der Waals surface area contributed by atoms with Crippen LogP contribution in [0.1, 0.15) is 39.0 Å². The fraction of sp³-hybridized carbons (Fsp3) is 0.929. The van der Waals surface area contributed by atoms with Crippen LogP contribution in [0.3, 0.4) is 0 Å². The lowest BCUT2D eigenvalue weighted by atomic mass is 9.89. The minimum absolute atomic E-state index is 0.00289. The van der Waals surface area contributed by atoms with Crippen molar-refractivity contribution in [2.45, 2.75) is 51.2 Å². The van der Waals surface area contributed by atoms with Crippen molar-refractivity contribution in [3.8, 4) is 0 Å². The van der Waals surface area contributed by atoms with E-state index in [1.165, 1.54) is 0 Å². The standard InChI is InChI=1S/C14H23F3N2O/c1-10-3-2-6-18-12(10)9-13(20)19-7-4-11(5-8-19)14(15,16)17/h10-12,18H,2-9H2,1H3. The van der Waals surface area contributed by atoms with Crippen LogP contribution in [0, 0.1) is 11.8 Å². The molecular weight excluding hydrogens is 269 g/mol. The maximum atomic E-state index is 12.6. The largest absolute Gasteiger partial charge is 0.391 e. The first-order valence-electron chi connectivity index (χ1n) is 7.46. The van der Waals surface area contributed by atoms with E-state index in [4.69, 9.17) is 0 Å². The second-order valence-corrected chi connectivity index (χ2v) is 6.08. The highest BCUT2D eigenvalue weighted by Gasteiger charge is 2.41. The summed E-state index contributed by atoms with van der Waals surface area (Å²) in [7, 11) is 0. The molecule has 0 radical (unpaired) electrons. The first-order valence-corrected chi connectivity index (χ1v) is 7.46. The number of carbonyl (C=O) groups excluding carboxylic acids is 1. The van der Waals surface area contributed by atoms with Gasteiger partial charge in [0, 0.05) is 25.6 Å². The van der Waals surface area contributed by atoms with Crippen LogP contribution in [0.15, 0.2) is 0 Å². The summed E-state index contributed by atoms with van der Waals surface area (Å²) in [6, 6.07) is 0.177. The number of amides is 1. The van der Waals surface area contributed by atoms with E-state index in [0.29, 0.717) is 12.3 Å². The van der Waals surface area contributed by atoms with Gasteiger partial charge in [0.15, 0.2) is 0 Å². The molecule has 0 aromatic heterocycles. The fourth-order valence-corrected chi connectivity index (χ4v) is 3.16. The van der Waals surface area contributed by atoms with Gasteiger partial charge in [-0.2, -0.15) is 13.2 Å². The molecule has 3 nitrogen and oxygen atoms in total. The minimum Gasteiger partial charge on any atom is -0.343 e. The number of halogens is 3. The first-order chi connectivity index (χ1) is 9.38.